The number of aliphatic hydroxyl groups excluding tert-OH is 1. The number of benzene rings is 1. The fraction of sp³-hybridized carbons (Fsp3) is 0.630. The van der Waals surface area contributed by atoms with Gasteiger partial charge in [-0.1, -0.05) is 39.8 Å². The van der Waals surface area contributed by atoms with Gasteiger partial charge in [-0.05, 0) is 88.3 Å². The van der Waals surface area contributed by atoms with Gasteiger partial charge in [0.05, 0.1) is 18.7 Å². The predicted octanol–water partition coefficient (Wildman–Crippen LogP) is -2.07. The van der Waals surface area contributed by atoms with Crippen LogP contribution in [0.15, 0.2) is 24.3 Å². The number of nitrogens with zero attached hydrogens (tertiary/aromatic N) is 2. The van der Waals surface area contributed by atoms with E-state index in [1.807, 2.05) is 13.8 Å². The molecule has 25 nitrogen and oxygen atoms in total. The highest BCUT2D eigenvalue weighted by molar-refractivity contribution is 5.98. The molecule has 3 rings (SSSR count). The summed E-state index contributed by atoms with van der Waals surface area (Å²) in [5.74, 6) is -10.1. The number of amides is 8. The first kappa shape index (κ1) is 60.2. The number of likely N-dealkylation sites (tertiary alicyclic amines) is 2. The first-order valence-electron chi connectivity index (χ1n) is 23.4. The molecule has 2 saturated heterocycles. The molecule has 13 N–H and O–H groups in total. The Labute approximate surface area is 411 Å². The van der Waals surface area contributed by atoms with Crippen molar-refractivity contribution >= 4 is 65.2 Å². The van der Waals surface area contributed by atoms with Crippen molar-refractivity contribution in [2.45, 2.75) is 154 Å². The lowest BCUT2D eigenvalue weighted by atomic mass is 10.0. The molecule has 2 heterocycles. The van der Waals surface area contributed by atoms with Crippen LogP contribution in [0.3, 0.4) is 0 Å². The first-order chi connectivity index (χ1) is 33.1. The number of nitrogens with one attached hydrogen (secondary N) is 6. The Morgan fingerprint density at radius 1 is 0.690 bits per heavy atom. The van der Waals surface area contributed by atoms with Crippen LogP contribution in [0.4, 0.5) is 0 Å². The lowest BCUT2D eigenvalue weighted by Gasteiger charge is -2.31. The molecular formula is C46H71N9O16. The molecule has 8 amide bonds. The van der Waals surface area contributed by atoms with Crippen molar-refractivity contribution in [1.82, 2.24) is 41.7 Å². The van der Waals surface area contributed by atoms with E-state index in [1.165, 1.54) is 35.8 Å². The molecule has 0 unspecified atom stereocenters. The quantitative estimate of drug-likeness (QED) is 0.0529. The number of nitrogens with two attached hydrogens (primary N) is 1. The van der Waals surface area contributed by atoms with Crippen molar-refractivity contribution in [3.63, 3.8) is 0 Å². The van der Waals surface area contributed by atoms with Gasteiger partial charge in [0.15, 0.2) is 0 Å². The van der Waals surface area contributed by atoms with E-state index in [1.54, 1.807) is 26.0 Å². The van der Waals surface area contributed by atoms with Crippen LogP contribution in [0, 0.1) is 11.8 Å². The van der Waals surface area contributed by atoms with Gasteiger partial charge in [0.25, 0.3) is 5.97 Å². The molecule has 0 radical (unpaired) electrons. The standard InChI is InChI=1S/C44H67N9O14.C2H4O2/c1-22(2)19-30(49-37(59)28(45)20-26-11-13-27(55)14-12-26)38(60)48-29(15-16-34(57)58)43(65)53-18-8-9-31(53)39(61)46-21-33(56)52-17-7-10-32(52)40(62)50-35(23(3)4)41(63)51-36(25(6)54)42(64)47-24(5)44(66)67;1-2(3)4/h11-14,22-25,28-32,35-36,54-55H,7-10,15-21,45H2,1-6H3,(H,46,61)(H,47,64)(H,48,60)(H,49,59)(H,50,62)(H,51,63)(H,57,58)(H,66,67);1H3,(H,3,4)/t24-,25+,28-,29-,30-,31-,32-,35-,36-;/m0./s1. The molecule has 0 bridgehead atoms. The van der Waals surface area contributed by atoms with Crippen LogP contribution in [0.2, 0.25) is 0 Å². The lowest BCUT2D eigenvalue weighted by molar-refractivity contribution is -0.144. The van der Waals surface area contributed by atoms with Gasteiger partial charge in [0, 0.05) is 26.4 Å². The van der Waals surface area contributed by atoms with E-state index in [-0.39, 0.29) is 56.9 Å². The number of phenols is 1. The third kappa shape index (κ3) is 19.8. The van der Waals surface area contributed by atoms with E-state index < -0.39 is 138 Å². The van der Waals surface area contributed by atoms with Gasteiger partial charge in [-0.2, -0.15) is 0 Å². The largest absolute Gasteiger partial charge is 0.508 e. The van der Waals surface area contributed by atoms with Crippen LogP contribution in [0.25, 0.3) is 0 Å². The van der Waals surface area contributed by atoms with Gasteiger partial charge < -0.3 is 73.0 Å². The Hall–Kier alpha value is -6.89. The van der Waals surface area contributed by atoms with Crippen LogP contribution in [-0.4, -0.2) is 175 Å². The molecule has 1 aromatic rings. The van der Waals surface area contributed by atoms with E-state index in [4.69, 9.17) is 20.7 Å². The Kier molecular flexibility index (Phi) is 24.3. The third-order valence-corrected chi connectivity index (χ3v) is 11.5. The van der Waals surface area contributed by atoms with Crippen molar-refractivity contribution in [1.29, 1.82) is 0 Å². The zero-order valence-corrected chi connectivity index (χ0v) is 41.1. The average molecular weight is 1010 g/mol. The summed E-state index contributed by atoms with van der Waals surface area (Å²) in [7, 11) is 0. The lowest BCUT2D eigenvalue weighted by Crippen LogP contribution is -2.61. The number of hydrogen-bond donors (Lipinski definition) is 12. The maximum absolute atomic E-state index is 14.1. The summed E-state index contributed by atoms with van der Waals surface area (Å²) in [4.78, 5) is 142. The zero-order valence-electron chi connectivity index (χ0n) is 41.1. The van der Waals surface area contributed by atoms with E-state index in [2.05, 4.69) is 31.9 Å². The minimum absolute atomic E-state index is 0.0333. The molecule has 71 heavy (non-hydrogen) atoms. The second kappa shape index (κ2) is 28.7. The average Bonchev–Trinajstić information content (AvgIpc) is 3.99. The molecule has 0 aliphatic carbocycles. The van der Waals surface area contributed by atoms with Crippen LogP contribution in [-0.2, 0) is 59.2 Å². The van der Waals surface area contributed by atoms with Crippen LogP contribution in [0.5, 0.6) is 5.75 Å². The van der Waals surface area contributed by atoms with Gasteiger partial charge in [-0.25, -0.2) is 0 Å². The normalized spacial score (nSPS) is 18.2. The van der Waals surface area contributed by atoms with Gasteiger partial charge in [-0.15, -0.1) is 0 Å². The fourth-order valence-electron chi connectivity index (χ4n) is 7.78. The summed E-state index contributed by atoms with van der Waals surface area (Å²) in [6.07, 6.45) is -0.900. The fourth-order valence-corrected chi connectivity index (χ4v) is 7.78. The van der Waals surface area contributed by atoms with Gasteiger partial charge in [0.1, 0.15) is 48.0 Å². The van der Waals surface area contributed by atoms with Crippen LogP contribution in [0.1, 0.15) is 99.0 Å². The minimum atomic E-state index is -1.56. The highest BCUT2D eigenvalue weighted by Gasteiger charge is 2.41. The second-order valence-corrected chi connectivity index (χ2v) is 18.4. The molecule has 0 aromatic heterocycles. The summed E-state index contributed by atoms with van der Waals surface area (Å²) in [6, 6.07) is -3.84. The van der Waals surface area contributed by atoms with Gasteiger partial charge in [-0.3, -0.25) is 52.7 Å². The summed E-state index contributed by atoms with van der Waals surface area (Å²) >= 11 is 0. The molecule has 0 saturated carbocycles. The molecule has 396 valence electrons. The van der Waals surface area contributed by atoms with Crippen LogP contribution < -0.4 is 37.6 Å². The molecule has 2 aliphatic heterocycles. The molecule has 0 spiro atoms. The predicted molar refractivity (Wildman–Crippen MR) is 251 cm³/mol. The number of rotatable bonds is 24. The topological polar surface area (TPSA) is 394 Å². The number of carboxylic acid groups (broad SMARTS) is 3. The molecule has 2 fully saturated rings. The Morgan fingerprint density at radius 2 is 1.23 bits per heavy atom. The summed E-state index contributed by atoms with van der Waals surface area (Å²) in [6.45, 7) is 10.00. The molecular weight excluding hydrogens is 935 g/mol. The number of hydrogen-bond acceptors (Lipinski definition) is 14. The SMILES string of the molecule is CC(=O)O.CC(C)C[C@H](NC(=O)[C@@H](N)Cc1ccc(O)cc1)C(=O)N[C@@H](CCC(=O)O)C(=O)N1CCC[C@H]1C(=O)NCC(=O)N1CCC[C@H]1C(=O)N[C@H](C(=O)N[C@H](C(=O)N[C@@H](C)C(=O)O)[C@@H](C)O)C(C)C. The molecule has 1 aromatic carbocycles. The summed E-state index contributed by atoms with van der Waals surface area (Å²) < 4.78 is 0. The van der Waals surface area contributed by atoms with Crippen molar-refractivity contribution in [3.8, 4) is 5.75 Å². The number of phenolic OH excluding ortho intramolecular Hbond substituents is 1. The van der Waals surface area contributed by atoms with Crippen molar-refractivity contribution in [2.24, 2.45) is 17.6 Å². The number of aliphatic hydroxyl groups is 1. The monoisotopic (exact) mass is 1010 g/mol. The number of carboxylic acids is 3. The number of carbonyl (C=O) groups excluding carboxylic acids is 8. The maximum atomic E-state index is 14.1. The Balaban J connectivity index is 0.00000415. The number of aliphatic carboxylic acids is 3. The highest BCUT2D eigenvalue weighted by Crippen LogP contribution is 2.22. The van der Waals surface area contributed by atoms with E-state index >= 15 is 0 Å². The van der Waals surface area contributed by atoms with Crippen LogP contribution >= 0.6 is 0 Å². The van der Waals surface area contributed by atoms with Crippen molar-refractivity contribution in [3.05, 3.63) is 29.8 Å². The van der Waals surface area contributed by atoms with E-state index in [0.717, 1.165) is 6.92 Å². The summed E-state index contributed by atoms with van der Waals surface area (Å²) in [5.41, 5.74) is 6.81. The van der Waals surface area contributed by atoms with Crippen molar-refractivity contribution in [2.75, 3.05) is 19.6 Å². The summed E-state index contributed by atoms with van der Waals surface area (Å²) in [5, 5.41) is 60.8. The smallest absolute Gasteiger partial charge is 0.325 e. The van der Waals surface area contributed by atoms with Gasteiger partial charge >= 0.3 is 11.9 Å². The second-order valence-electron chi connectivity index (χ2n) is 18.4. The van der Waals surface area contributed by atoms with Crippen molar-refractivity contribution < 1.29 is 78.3 Å². The minimum Gasteiger partial charge on any atom is -0.508 e. The molecule has 25 heteroatoms. The number of carbonyl (C=O) groups is 11. The first-order valence-corrected chi connectivity index (χ1v) is 23.4. The number of aromatic hydroxyl groups is 1. The highest BCUT2D eigenvalue weighted by atomic mass is 16.4. The van der Waals surface area contributed by atoms with E-state index in [9.17, 15) is 63.3 Å². The Bertz CT molecular complexity index is 2060. The zero-order chi connectivity index (χ0) is 53.9. The van der Waals surface area contributed by atoms with E-state index in [0.29, 0.717) is 18.4 Å². The third-order valence-electron chi connectivity index (χ3n) is 11.5. The maximum Gasteiger partial charge on any atom is 0.325 e. The van der Waals surface area contributed by atoms with Gasteiger partial charge in [0.2, 0.25) is 47.3 Å². The molecule has 2 aliphatic rings. The molecule has 9 atom stereocenters. The Morgan fingerprint density at radius 3 is 1.75 bits per heavy atom.